The first-order valence-electron chi connectivity index (χ1n) is 6.72. The Kier molecular flexibility index (Phi) is 4.27. The number of benzene rings is 1. The van der Waals surface area contributed by atoms with Gasteiger partial charge in [-0.15, -0.1) is 0 Å². The highest BCUT2D eigenvalue weighted by Gasteiger charge is 2.40. The van der Waals surface area contributed by atoms with Crippen LogP contribution in [0.4, 0.5) is 0 Å². The number of carbonyl (C=O) groups is 2. The normalized spacial score (nSPS) is 16.1. The Morgan fingerprint density at radius 1 is 1.35 bits per heavy atom. The van der Waals surface area contributed by atoms with E-state index in [9.17, 15) is 9.59 Å². The van der Waals surface area contributed by atoms with E-state index in [0.717, 1.165) is 24.8 Å². The average molecular weight is 277 g/mol. The van der Waals surface area contributed by atoms with Gasteiger partial charge in [-0.25, -0.2) is 0 Å². The fraction of sp³-hybridized carbons (Fsp3) is 0.467. The zero-order valence-electron chi connectivity index (χ0n) is 11.5. The number of ether oxygens (including phenoxy) is 1. The van der Waals surface area contributed by atoms with Crippen LogP contribution in [-0.2, 0) is 9.59 Å². The molecule has 0 heterocycles. The standard InChI is InChI=1S/C15H19NO4/c1-11-5-2-3-6-12(11)20-10-13(17)16-15(7-4-8-15)9-14(18)19/h2-3,5-6H,4,7-10H2,1H3,(H,16,17)(H,18,19). The number of rotatable bonds is 6. The molecule has 0 aromatic heterocycles. The van der Waals surface area contributed by atoms with E-state index in [0.29, 0.717) is 5.75 Å². The highest BCUT2D eigenvalue weighted by molar-refractivity contribution is 5.80. The molecule has 1 fully saturated rings. The van der Waals surface area contributed by atoms with Crippen molar-refractivity contribution >= 4 is 11.9 Å². The third-order valence-electron chi connectivity index (χ3n) is 3.66. The van der Waals surface area contributed by atoms with Crippen molar-refractivity contribution in [3.8, 4) is 5.75 Å². The fourth-order valence-electron chi connectivity index (χ4n) is 2.43. The topological polar surface area (TPSA) is 75.6 Å². The Labute approximate surface area is 117 Å². The largest absolute Gasteiger partial charge is 0.484 e. The number of aliphatic carboxylic acids is 1. The predicted octanol–water partition coefficient (Wildman–Crippen LogP) is 1.89. The highest BCUT2D eigenvalue weighted by Crippen LogP contribution is 2.34. The summed E-state index contributed by atoms with van der Waals surface area (Å²) in [7, 11) is 0. The molecule has 1 aromatic carbocycles. The maximum absolute atomic E-state index is 11.9. The lowest BCUT2D eigenvalue weighted by molar-refractivity contribution is -0.140. The molecule has 2 rings (SSSR count). The first-order valence-corrected chi connectivity index (χ1v) is 6.72. The van der Waals surface area contributed by atoms with Gasteiger partial charge in [0.2, 0.25) is 0 Å². The van der Waals surface area contributed by atoms with Crippen LogP contribution in [0.2, 0.25) is 0 Å². The Hall–Kier alpha value is -2.04. The SMILES string of the molecule is Cc1ccccc1OCC(=O)NC1(CC(=O)O)CCC1. The van der Waals surface area contributed by atoms with Crippen molar-refractivity contribution < 1.29 is 19.4 Å². The van der Waals surface area contributed by atoms with Crippen molar-refractivity contribution in [1.82, 2.24) is 5.32 Å². The van der Waals surface area contributed by atoms with Gasteiger partial charge >= 0.3 is 5.97 Å². The maximum Gasteiger partial charge on any atom is 0.305 e. The molecule has 1 aromatic rings. The van der Waals surface area contributed by atoms with Gasteiger partial charge in [0, 0.05) is 0 Å². The number of carboxylic acids is 1. The molecule has 0 unspecified atom stereocenters. The quantitative estimate of drug-likeness (QED) is 0.832. The lowest BCUT2D eigenvalue weighted by atomic mass is 9.74. The summed E-state index contributed by atoms with van der Waals surface area (Å²) in [6.45, 7) is 1.82. The summed E-state index contributed by atoms with van der Waals surface area (Å²) < 4.78 is 5.46. The van der Waals surface area contributed by atoms with Crippen LogP contribution in [-0.4, -0.2) is 29.1 Å². The molecule has 0 spiro atoms. The maximum atomic E-state index is 11.9. The van der Waals surface area contributed by atoms with E-state index in [1.807, 2.05) is 25.1 Å². The molecule has 1 aliphatic carbocycles. The minimum atomic E-state index is -0.884. The van der Waals surface area contributed by atoms with Gasteiger partial charge in [0.1, 0.15) is 5.75 Å². The molecule has 5 nitrogen and oxygen atoms in total. The minimum Gasteiger partial charge on any atom is -0.484 e. The molecular weight excluding hydrogens is 258 g/mol. The Morgan fingerprint density at radius 2 is 2.05 bits per heavy atom. The summed E-state index contributed by atoms with van der Waals surface area (Å²) in [5, 5.41) is 11.7. The Balaban J connectivity index is 1.86. The van der Waals surface area contributed by atoms with Gasteiger partial charge in [-0.2, -0.15) is 0 Å². The van der Waals surface area contributed by atoms with Crippen LogP contribution in [0.5, 0.6) is 5.75 Å². The van der Waals surface area contributed by atoms with Crippen LogP contribution in [0.25, 0.3) is 0 Å². The lowest BCUT2D eigenvalue weighted by Gasteiger charge is -2.41. The van der Waals surface area contributed by atoms with E-state index >= 15 is 0 Å². The molecule has 0 bridgehead atoms. The van der Waals surface area contributed by atoms with Gasteiger partial charge in [-0.05, 0) is 37.8 Å². The van der Waals surface area contributed by atoms with E-state index in [-0.39, 0.29) is 18.9 Å². The summed E-state index contributed by atoms with van der Waals surface area (Å²) in [6, 6.07) is 7.46. The first-order chi connectivity index (χ1) is 9.51. The second-order valence-corrected chi connectivity index (χ2v) is 5.31. The van der Waals surface area contributed by atoms with E-state index in [4.69, 9.17) is 9.84 Å². The van der Waals surface area contributed by atoms with Crippen molar-refractivity contribution in [2.45, 2.75) is 38.1 Å². The van der Waals surface area contributed by atoms with Gasteiger partial charge < -0.3 is 15.2 Å². The number of nitrogens with one attached hydrogen (secondary N) is 1. The van der Waals surface area contributed by atoms with Crippen molar-refractivity contribution in [3.63, 3.8) is 0 Å². The fourth-order valence-corrected chi connectivity index (χ4v) is 2.43. The van der Waals surface area contributed by atoms with Crippen molar-refractivity contribution in [2.75, 3.05) is 6.61 Å². The van der Waals surface area contributed by atoms with Crippen LogP contribution in [0.15, 0.2) is 24.3 Å². The van der Waals surface area contributed by atoms with E-state index in [1.54, 1.807) is 6.07 Å². The second kappa shape index (κ2) is 5.94. The third kappa shape index (κ3) is 3.50. The molecule has 1 aliphatic rings. The second-order valence-electron chi connectivity index (χ2n) is 5.31. The molecule has 0 radical (unpaired) electrons. The molecule has 0 saturated heterocycles. The monoisotopic (exact) mass is 277 g/mol. The smallest absolute Gasteiger partial charge is 0.305 e. The number of carbonyl (C=O) groups excluding carboxylic acids is 1. The number of hydrogen-bond donors (Lipinski definition) is 2. The zero-order chi connectivity index (χ0) is 14.6. The first kappa shape index (κ1) is 14.4. The van der Waals surface area contributed by atoms with Crippen LogP contribution in [0, 0.1) is 6.92 Å². The molecule has 5 heteroatoms. The molecule has 0 aliphatic heterocycles. The van der Waals surface area contributed by atoms with Gasteiger partial charge in [0.15, 0.2) is 6.61 Å². The number of aryl methyl sites for hydroxylation is 1. The van der Waals surface area contributed by atoms with Crippen LogP contribution < -0.4 is 10.1 Å². The highest BCUT2D eigenvalue weighted by atomic mass is 16.5. The summed E-state index contributed by atoms with van der Waals surface area (Å²) in [6.07, 6.45) is 2.36. The van der Waals surface area contributed by atoms with Crippen molar-refractivity contribution in [2.24, 2.45) is 0 Å². The molecule has 1 amide bonds. The third-order valence-corrected chi connectivity index (χ3v) is 3.66. The van der Waals surface area contributed by atoms with Crippen LogP contribution >= 0.6 is 0 Å². The number of carboxylic acid groups (broad SMARTS) is 1. The van der Waals surface area contributed by atoms with E-state index < -0.39 is 11.5 Å². The molecule has 108 valence electrons. The van der Waals surface area contributed by atoms with Crippen LogP contribution in [0.3, 0.4) is 0 Å². The summed E-state index contributed by atoms with van der Waals surface area (Å²) >= 11 is 0. The molecule has 1 saturated carbocycles. The zero-order valence-corrected chi connectivity index (χ0v) is 11.5. The van der Waals surface area contributed by atoms with E-state index in [1.165, 1.54) is 0 Å². The van der Waals surface area contributed by atoms with Crippen LogP contribution in [0.1, 0.15) is 31.2 Å². The Morgan fingerprint density at radius 3 is 2.60 bits per heavy atom. The predicted molar refractivity (Wildman–Crippen MR) is 73.7 cm³/mol. The van der Waals surface area contributed by atoms with Gasteiger partial charge in [0.25, 0.3) is 5.91 Å². The minimum absolute atomic E-state index is 0.0247. The van der Waals surface area contributed by atoms with Crippen molar-refractivity contribution in [1.29, 1.82) is 0 Å². The van der Waals surface area contributed by atoms with Gasteiger partial charge in [-0.1, -0.05) is 18.2 Å². The molecule has 20 heavy (non-hydrogen) atoms. The Bertz CT molecular complexity index is 508. The number of para-hydroxylation sites is 1. The average Bonchev–Trinajstić information content (AvgIpc) is 2.34. The van der Waals surface area contributed by atoms with Gasteiger partial charge in [0.05, 0.1) is 12.0 Å². The summed E-state index contributed by atoms with van der Waals surface area (Å²) in [5.41, 5.74) is 0.391. The molecule has 2 N–H and O–H groups in total. The van der Waals surface area contributed by atoms with E-state index in [2.05, 4.69) is 5.32 Å². The summed E-state index contributed by atoms with van der Waals surface area (Å²) in [4.78, 5) is 22.7. The number of hydrogen-bond acceptors (Lipinski definition) is 3. The van der Waals surface area contributed by atoms with Crippen molar-refractivity contribution in [3.05, 3.63) is 29.8 Å². The van der Waals surface area contributed by atoms with Gasteiger partial charge in [-0.3, -0.25) is 9.59 Å². The molecule has 0 atom stereocenters. The summed E-state index contributed by atoms with van der Waals surface area (Å²) in [5.74, 6) is -0.484. The number of amides is 1. The molecular formula is C15H19NO4. The lowest BCUT2D eigenvalue weighted by Crippen LogP contribution is -2.55.